The summed E-state index contributed by atoms with van der Waals surface area (Å²) in [5.41, 5.74) is 10.9. The van der Waals surface area contributed by atoms with Gasteiger partial charge in [-0.15, -0.1) is 0 Å². The second kappa shape index (κ2) is 12.9. The molecule has 5 rings (SSSR count). The minimum absolute atomic E-state index is 0.00946. The molecule has 0 spiro atoms. The van der Waals surface area contributed by atoms with Crippen LogP contribution in [0.25, 0.3) is 6.08 Å². The number of esters is 1. The Morgan fingerprint density at radius 3 is 2.34 bits per heavy atom. The maximum atomic E-state index is 12.6. The molecule has 0 aromatic heterocycles. The summed E-state index contributed by atoms with van der Waals surface area (Å²) in [6.45, 7) is 6.72. The van der Waals surface area contributed by atoms with Crippen molar-refractivity contribution in [3.63, 3.8) is 0 Å². The highest BCUT2D eigenvalue weighted by atomic mass is 35.5. The molecule has 222 valence electrons. The van der Waals surface area contributed by atoms with Gasteiger partial charge in [-0.1, -0.05) is 92.5 Å². The van der Waals surface area contributed by atoms with Crippen molar-refractivity contribution < 1.29 is 19.0 Å². The highest BCUT2D eigenvalue weighted by Gasteiger charge is 2.31. The number of nitrogens with two attached hydrogens (primary N) is 1. The van der Waals surface area contributed by atoms with Crippen molar-refractivity contribution in [2.45, 2.75) is 38.7 Å². The first-order chi connectivity index (χ1) is 21.0. The molecule has 2 N–H and O–H groups in total. The molecular formula is C36H30Cl2N2O4. The number of carbonyl (C=O) groups excluding carboxylic acids is 1. The Kier molecular flexibility index (Phi) is 9.01. The van der Waals surface area contributed by atoms with Crippen LogP contribution in [0.3, 0.4) is 0 Å². The van der Waals surface area contributed by atoms with Crippen molar-refractivity contribution in [1.82, 2.24) is 0 Å². The first-order valence-corrected chi connectivity index (χ1v) is 14.7. The summed E-state index contributed by atoms with van der Waals surface area (Å²) in [5.74, 6) is 0.292. The molecule has 4 aromatic carbocycles. The number of allylic oxidation sites excluding steroid dienone is 1. The maximum absolute atomic E-state index is 12.6. The number of fused-ring (bicyclic) bond motifs is 1. The highest BCUT2D eigenvalue weighted by molar-refractivity contribution is 6.35. The van der Waals surface area contributed by atoms with E-state index in [4.69, 9.17) is 43.1 Å². The molecule has 6 nitrogen and oxygen atoms in total. The molecule has 8 heteroatoms. The topological polar surface area (TPSA) is 94.6 Å². The van der Waals surface area contributed by atoms with E-state index >= 15 is 0 Å². The van der Waals surface area contributed by atoms with Gasteiger partial charge in [0, 0.05) is 33.3 Å². The molecule has 0 radical (unpaired) electrons. The Morgan fingerprint density at radius 1 is 0.977 bits per heavy atom. The molecule has 1 heterocycles. The van der Waals surface area contributed by atoms with E-state index in [0.717, 1.165) is 16.7 Å². The standard InChI is InChI=1S/C36H30Cl2N2O4/c1-36(2,3)25-10-4-22(5-11-25)6-17-33(41)43-28-15-16-29-32(19-28)44-35(40)30(20-39)34(29)23-8-13-27(14-9-23)42-21-24-7-12-26(37)18-31(24)38/h4-19,34H,21,40H2,1-3H3/b17-6+. The number of benzene rings is 4. The number of carbonyl (C=O) groups is 1. The van der Waals surface area contributed by atoms with Gasteiger partial charge in [-0.3, -0.25) is 0 Å². The van der Waals surface area contributed by atoms with Crippen LogP contribution in [0, 0.1) is 11.3 Å². The van der Waals surface area contributed by atoms with E-state index in [0.29, 0.717) is 27.1 Å². The van der Waals surface area contributed by atoms with Crippen LogP contribution in [0.4, 0.5) is 0 Å². The molecule has 0 amide bonds. The zero-order valence-electron chi connectivity index (χ0n) is 24.4. The Balaban J connectivity index is 1.30. The minimum atomic E-state index is -0.533. The average molecular weight is 626 g/mol. The quantitative estimate of drug-likeness (QED) is 0.125. The van der Waals surface area contributed by atoms with Crippen LogP contribution < -0.4 is 19.9 Å². The molecule has 44 heavy (non-hydrogen) atoms. The number of nitriles is 1. The Morgan fingerprint density at radius 2 is 1.68 bits per heavy atom. The van der Waals surface area contributed by atoms with Gasteiger partial charge in [-0.25, -0.2) is 4.79 Å². The monoisotopic (exact) mass is 624 g/mol. The van der Waals surface area contributed by atoms with E-state index in [1.165, 1.54) is 11.6 Å². The summed E-state index contributed by atoms with van der Waals surface area (Å²) in [5, 5.41) is 11.0. The SMILES string of the molecule is CC(C)(C)c1ccc(/C=C/C(=O)Oc2ccc3c(c2)OC(N)=C(C#N)C3c2ccc(OCc3ccc(Cl)cc3Cl)cc2)cc1. The lowest BCUT2D eigenvalue weighted by Crippen LogP contribution is -2.21. The first-order valence-electron chi connectivity index (χ1n) is 13.9. The van der Waals surface area contributed by atoms with Gasteiger partial charge in [0.15, 0.2) is 0 Å². The smallest absolute Gasteiger partial charge is 0.336 e. The van der Waals surface area contributed by atoms with Gasteiger partial charge in [0.25, 0.3) is 0 Å². The molecule has 0 fully saturated rings. The van der Waals surface area contributed by atoms with E-state index in [1.54, 1.807) is 36.4 Å². The minimum Gasteiger partial charge on any atom is -0.489 e. The second-order valence-corrected chi connectivity index (χ2v) is 12.2. The zero-order chi connectivity index (χ0) is 31.4. The van der Waals surface area contributed by atoms with Gasteiger partial charge >= 0.3 is 5.97 Å². The Labute approximate surface area is 266 Å². The van der Waals surface area contributed by atoms with Gasteiger partial charge in [0.1, 0.15) is 35.5 Å². The van der Waals surface area contributed by atoms with Crippen LogP contribution in [-0.4, -0.2) is 5.97 Å². The van der Waals surface area contributed by atoms with Crippen molar-refractivity contribution in [1.29, 1.82) is 5.26 Å². The summed E-state index contributed by atoms with van der Waals surface area (Å²) in [4.78, 5) is 12.6. The third kappa shape index (κ3) is 7.08. The van der Waals surface area contributed by atoms with E-state index in [1.807, 2.05) is 54.6 Å². The van der Waals surface area contributed by atoms with Gasteiger partial charge in [0.05, 0.1) is 5.92 Å². The lowest BCUT2D eigenvalue weighted by molar-refractivity contribution is -0.128. The first kappa shape index (κ1) is 30.7. The molecule has 1 aliphatic heterocycles. The Hall–Kier alpha value is -4.70. The summed E-state index contributed by atoms with van der Waals surface area (Å²) < 4.78 is 17.2. The van der Waals surface area contributed by atoms with Crippen LogP contribution >= 0.6 is 23.2 Å². The molecule has 0 aliphatic carbocycles. The largest absolute Gasteiger partial charge is 0.489 e. The lowest BCUT2D eigenvalue weighted by atomic mass is 9.83. The van der Waals surface area contributed by atoms with Crippen LogP contribution in [0.1, 0.15) is 54.5 Å². The van der Waals surface area contributed by atoms with E-state index in [-0.39, 0.29) is 29.2 Å². The summed E-state index contributed by atoms with van der Waals surface area (Å²) in [7, 11) is 0. The number of halogens is 2. The molecule has 0 saturated carbocycles. The normalized spacial score (nSPS) is 14.5. The van der Waals surface area contributed by atoms with Gasteiger partial charge in [0.2, 0.25) is 5.88 Å². The molecule has 0 saturated heterocycles. The fourth-order valence-corrected chi connectivity index (χ4v) is 5.27. The van der Waals surface area contributed by atoms with Crippen LogP contribution in [0.5, 0.6) is 17.2 Å². The predicted octanol–water partition coefficient (Wildman–Crippen LogP) is 8.71. The van der Waals surface area contributed by atoms with Crippen molar-refractivity contribution >= 4 is 35.2 Å². The zero-order valence-corrected chi connectivity index (χ0v) is 25.9. The number of hydrogen-bond acceptors (Lipinski definition) is 6. The third-order valence-electron chi connectivity index (χ3n) is 7.22. The highest BCUT2D eigenvalue weighted by Crippen LogP contribution is 2.43. The number of hydrogen-bond donors (Lipinski definition) is 1. The van der Waals surface area contributed by atoms with Crippen molar-refractivity contribution in [3.8, 4) is 23.3 Å². The van der Waals surface area contributed by atoms with E-state index in [9.17, 15) is 10.1 Å². The fraction of sp³-hybridized carbons (Fsp3) is 0.167. The van der Waals surface area contributed by atoms with Crippen LogP contribution in [0.2, 0.25) is 10.0 Å². The second-order valence-electron chi connectivity index (χ2n) is 11.3. The van der Waals surface area contributed by atoms with Crippen molar-refractivity contribution in [3.05, 3.63) is 140 Å². The summed E-state index contributed by atoms with van der Waals surface area (Å²) in [6.07, 6.45) is 3.08. The van der Waals surface area contributed by atoms with Crippen molar-refractivity contribution in [2.75, 3.05) is 0 Å². The molecular weight excluding hydrogens is 595 g/mol. The number of nitrogens with zero attached hydrogens (tertiary/aromatic N) is 1. The molecule has 1 atom stereocenters. The molecule has 1 unspecified atom stereocenters. The summed E-state index contributed by atoms with van der Waals surface area (Å²) in [6, 6.07) is 27.9. The maximum Gasteiger partial charge on any atom is 0.336 e. The summed E-state index contributed by atoms with van der Waals surface area (Å²) >= 11 is 12.2. The molecule has 4 aromatic rings. The average Bonchev–Trinajstić information content (AvgIpc) is 2.99. The van der Waals surface area contributed by atoms with Gasteiger partial charge in [-0.05, 0) is 58.5 Å². The number of rotatable bonds is 7. The van der Waals surface area contributed by atoms with Gasteiger partial charge < -0.3 is 19.9 Å². The van der Waals surface area contributed by atoms with Crippen LogP contribution in [-0.2, 0) is 16.8 Å². The number of ether oxygens (including phenoxy) is 3. The fourth-order valence-electron chi connectivity index (χ4n) is 4.81. The van der Waals surface area contributed by atoms with Crippen molar-refractivity contribution in [2.24, 2.45) is 5.73 Å². The van der Waals surface area contributed by atoms with E-state index in [2.05, 4.69) is 26.8 Å². The lowest BCUT2D eigenvalue weighted by Gasteiger charge is -2.26. The van der Waals surface area contributed by atoms with Crippen LogP contribution in [0.15, 0.2) is 102 Å². The molecule has 0 bridgehead atoms. The molecule has 1 aliphatic rings. The van der Waals surface area contributed by atoms with E-state index < -0.39 is 11.9 Å². The Bertz CT molecular complexity index is 1800. The van der Waals surface area contributed by atoms with Gasteiger partial charge in [-0.2, -0.15) is 5.26 Å². The third-order valence-corrected chi connectivity index (χ3v) is 7.81. The predicted molar refractivity (Wildman–Crippen MR) is 173 cm³/mol.